The second-order valence-electron chi connectivity index (χ2n) is 9.82. The van der Waals surface area contributed by atoms with Crippen LogP contribution in [0.3, 0.4) is 0 Å². The summed E-state index contributed by atoms with van der Waals surface area (Å²) in [5.74, 6) is 0.0656. The number of nitrogens with zero attached hydrogens (tertiary/aromatic N) is 3. The lowest BCUT2D eigenvalue weighted by Gasteiger charge is -2.34. The highest BCUT2D eigenvalue weighted by atomic mass is 16.6. The Morgan fingerprint density at radius 3 is 2.51 bits per heavy atom. The smallest absolute Gasteiger partial charge is 0.409 e. The van der Waals surface area contributed by atoms with Crippen LogP contribution in [0.25, 0.3) is 11.0 Å². The highest BCUT2D eigenvalue weighted by Gasteiger charge is 2.27. The molecular weight excluding hydrogens is 474 g/mol. The lowest BCUT2D eigenvalue weighted by Crippen LogP contribution is -2.50. The molecule has 200 valence electrons. The minimum Gasteiger partial charge on any atom is -0.449 e. The van der Waals surface area contributed by atoms with Crippen molar-refractivity contribution in [2.45, 2.75) is 52.4 Å². The quantitative estimate of drug-likeness (QED) is 0.283. The molecule has 2 fully saturated rings. The summed E-state index contributed by atoms with van der Waals surface area (Å²) in [6.45, 7) is 8.20. The molecule has 0 spiro atoms. The molecule has 0 N–H and O–H groups in total. The van der Waals surface area contributed by atoms with E-state index in [9.17, 15) is 19.2 Å². The van der Waals surface area contributed by atoms with Gasteiger partial charge in [0.05, 0.1) is 13.0 Å². The second kappa shape index (κ2) is 12.3. The number of hydrogen-bond acceptors (Lipinski definition) is 8. The molecule has 1 aliphatic heterocycles. The number of fused-ring (bicyclic) bond motifs is 1. The van der Waals surface area contributed by atoms with Gasteiger partial charge in [-0.05, 0) is 57.7 Å². The molecule has 2 heterocycles. The van der Waals surface area contributed by atoms with Gasteiger partial charge >= 0.3 is 11.7 Å². The van der Waals surface area contributed by atoms with Crippen LogP contribution < -0.4 is 15.4 Å². The van der Waals surface area contributed by atoms with E-state index in [1.54, 1.807) is 4.90 Å². The maximum absolute atomic E-state index is 12.8. The van der Waals surface area contributed by atoms with E-state index in [-0.39, 0.29) is 35.6 Å². The fraction of sp³-hybridized carbons (Fsp3) is 0.571. The number of anilines is 2. The Hall–Kier alpha value is -3.36. The van der Waals surface area contributed by atoms with E-state index >= 15 is 0 Å². The first-order valence-electron chi connectivity index (χ1n) is 13.4. The molecule has 1 atom stereocenters. The van der Waals surface area contributed by atoms with Crippen molar-refractivity contribution in [2.24, 2.45) is 5.92 Å². The topological polar surface area (TPSA) is 100 Å². The predicted octanol–water partition coefficient (Wildman–Crippen LogP) is 4.01. The van der Waals surface area contributed by atoms with E-state index < -0.39 is 0 Å². The molecule has 0 bridgehead atoms. The minimum atomic E-state index is -0.374. The van der Waals surface area contributed by atoms with Gasteiger partial charge in [0.25, 0.3) is 0 Å². The highest BCUT2D eigenvalue weighted by Crippen LogP contribution is 2.25. The summed E-state index contributed by atoms with van der Waals surface area (Å²) >= 11 is 0. The molecule has 37 heavy (non-hydrogen) atoms. The number of carbonyl (C=O) groups is 3. The van der Waals surface area contributed by atoms with Gasteiger partial charge in [-0.15, -0.1) is 0 Å². The number of Topliss-reactive ketones (excluding diaryl/α,β-unsaturated/α-hetero) is 2. The van der Waals surface area contributed by atoms with Crippen molar-refractivity contribution in [3.63, 3.8) is 0 Å². The average Bonchev–Trinajstić information content (AvgIpc) is 2.90. The Labute approximate surface area is 217 Å². The van der Waals surface area contributed by atoms with Crippen LogP contribution in [0.15, 0.2) is 33.5 Å². The standard InChI is InChI=1S/C28H37N3O6/c1-3-29(4-2)22-10-8-21-17-24(27(34)37-26(21)18-22)30-12-14-31(15-13-30)28(35)36-16-6-5-7-20-9-11-23(32)19-25(20)33/h8,10,17-18,20H,3-7,9,11-16,19H2,1-2H3. The third-order valence-corrected chi connectivity index (χ3v) is 7.48. The van der Waals surface area contributed by atoms with E-state index in [1.165, 1.54) is 0 Å². The van der Waals surface area contributed by atoms with Crippen LogP contribution in [0.1, 0.15) is 52.4 Å². The van der Waals surface area contributed by atoms with Crippen LogP contribution >= 0.6 is 0 Å². The third-order valence-electron chi connectivity index (χ3n) is 7.48. The molecule has 2 aromatic rings. The van der Waals surface area contributed by atoms with Gasteiger partial charge in [0.1, 0.15) is 22.8 Å². The van der Waals surface area contributed by atoms with Gasteiger partial charge in [-0.2, -0.15) is 0 Å². The maximum Gasteiger partial charge on any atom is 0.409 e. The van der Waals surface area contributed by atoms with Gasteiger partial charge in [0.2, 0.25) is 0 Å². The monoisotopic (exact) mass is 511 g/mol. The van der Waals surface area contributed by atoms with E-state index in [4.69, 9.17) is 9.15 Å². The van der Waals surface area contributed by atoms with Crippen molar-refractivity contribution in [1.82, 2.24) is 4.90 Å². The van der Waals surface area contributed by atoms with Crippen molar-refractivity contribution < 1.29 is 23.5 Å². The number of ether oxygens (including phenoxy) is 1. The number of hydrogen-bond donors (Lipinski definition) is 0. The summed E-state index contributed by atoms with van der Waals surface area (Å²) in [5, 5.41) is 0.869. The SMILES string of the molecule is CCN(CC)c1ccc2cc(N3CCN(C(=O)OCCCCC4CCC(=O)CC4=O)CC3)c(=O)oc2c1. The molecule has 1 aliphatic carbocycles. The Balaban J connectivity index is 1.24. The number of unbranched alkanes of at least 4 members (excludes halogenated alkanes) is 1. The normalized spacial score (nSPS) is 18.4. The number of rotatable bonds is 9. The van der Waals surface area contributed by atoms with Crippen LogP contribution in [-0.4, -0.2) is 68.4 Å². The van der Waals surface area contributed by atoms with Crippen molar-refractivity contribution in [3.8, 4) is 0 Å². The van der Waals surface area contributed by atoms with Crippen LogP contribution in [0.2, 0.25) is 0 Å². The first-order valence-corrected chi connectivity index (χ1v) is 13.4. The molecule has 4 rings (SSSR count). The van der Waals surface area contributed by atoms with Gasteiger partial charge < -0.3 is 23.9 Å². The van der Waals surface area contributed by atoms with Gasteiger partial charge in [0.15, 0.2) is 0 Å². The first-order chi connectivity index (χ1) is 17.9. The van der Waals surface area contributed by atoms with E-state index in [1.807, 2.05) is 29.2 Å². The zero-order chi connectivity index (χ0) is 26.4. The van der Waals surface area contributed by atoms with Crippen molar-refractivity contribution >= 4 is 40.0 Å². The second-order valence-corrected chi connectivity index (χ2v) is 9.82. The van der Waals surface area contributed by atoms with Gasteiger partial charge in [-0.3, -0.25) is 9.59 Å². The Morgan fingerprint density at radius 1 is 1.05 bits per heavy atom. The van der Waals surface area contributed by atoms with E-state index in [0.29, 0.717) is 63.3 Å². The van der Waals surface area contributed by atoms with Gasteiger partial charge in [-0.25, -0.2) is 9.59 Å². The number of amides is 1. The predicted molar refractivity (Wildman–Crippen MR) is 142 cm³/mol. The third kappa shape index (κ3) is 6.50. The van der Waals surface area contributed by atoms with Crippen molar-refractivity contribution in [1.29, 1.82) is 0 Å². The number of ketones is 2. The molecule has 1 amide bonds. The van der Waals surface area contributed by atoms with E-state index in [2.05, 4.69) is 18.7 Å². The molecular formula is C28H37N3O6. The molecule has 9 heteroatoms. The molecule has 2 aliphatic rings. The fourth-order valence-corrected chi connectivity index (χ4v) is 5.20. The number of benzene rings is 1. The highest BCUT2D eigenvalue weighted by molar-refractivity contribution is 6.02. The lowest BCUT2D eigenvalue weighted by atomic mass is 9.84. The van der Waals surface area contributed by atoms with Crippen molar-refractivity contribution in [3.05, 3.63) is 34.7 Å². The molecule has 1 saturated heterocycles. The number of piperazine rings is 1. The summed E-state index contributed by atoms with van der Waals surface area (Å²) in [6, 6.07) is 7.80. The Morgan fingerprint density at radius 2 is 1.81 bits per heavy atom. The van der Waals surface area contributed by atoms with E-state index in [0.717, 1.165) is 37.0 Å². The molecule has 1 aromatic heterocycles. The van der Waals surface area contributed by atoms with Crippen LogP contribution in [-0.2, 0) is 14.3 Å². The Kier molecular flexibility index (Phi) is 8.84. The summed E-state index contributed by atoms with van der Waals surface area (Å²) in [6.07, 6.45) is 3.09. The van der Waals surface area contributed by atoms with Crippen LogP contribution in [0.5, 0.6) is 0 Å². The summed E-state index contributed by atoms with van der Waals surface area (Å²) in [5.41, 5.74) is 1.73. The van der Waals surface area contributed by atoms with Gasteiger partial charge in [0, 0.05) is 68.7 Å². The summed E-state index contributed by atoms with van der Waals surface area (Å²) in [4.78, 5) is 54.3. The minimum absolute atomic E-state index is 0.0290. The zero-order valence-electron chi connectivity index (χ0n) is 21.9. The molecule has 1 saturated carbocycles. The molecule has 1 unspecified atom stereocenters. The van der Waals surface area contributed by atoms with Crippen LogP contribution in [0.4, 0.5) is 16.2 Å². The zero-order valence-corrected chi connectivity index (χ0v) is 21.9. The largest absolute Gasteiger partial charge is 0.449 e. The lowest BCUT2D eigenvalue weighted by molar-refractivity contribution is -0.132. The van der Waals surface area contributed by atoms with Gasteiger partial charge in [-0.1, -0.05) is 0 Å². The van der Waals surface area contributed by atoms with Crippen molar-refractivity contribution in [2.75, 3.05) is 55.7 Å². The van der Waals surface area contributed by atoms with Crippen LogP contribution in [0, 0.1) is 5.92 Å². The summed E-state index contributed by atoms with van der Waals surface area (Å²) in [7, 11) is 0. The summed E-state index contributed by atoms with van der Waals surface area (Å²) < 4.78 is 11.1. The Bertz CT molecular complexity index is 1180. The first kappa shape index (κ1) is 26.7. The fourth-order valence-electron chi connectivity index (χ4n) is 5.20. The molecule has 0 radical (unpaired) electrons. The molecule has 1 aromatic carbocycles. The molecule has 9 nitrogen and oxygen atoms in total. The number of carbonyl (C=O) groups excluding carboxylic acids is 3. The average molecular weight is 512 g/mol. The maximum atomic E-state index is 12.8.